The van der Waals surface area contributed by atoms with Gasteiger partial charge in [-0.1, -0.05) is 25.1 Å². The molecule has 0 saturated heterocycles. The van der Waals surface area contributed by atoms with E-state index in [2.05, 4.69) is 28.7 Å². The molecule has 0 amide bonds. The molecule has 1 aromatic carbocycles. The summed E-state index contributed by atoms with van der Waals surface area (Å²) in [7, 11) is 0. The first kappa shape index (κ1) is 17.5. The van der Waals surface area contributed by atoms with Gasteiger partial charge in [0.2, 0.25) is 0 Å². The fraction of sp³-hybridized carbons (Fsp3) is 0.471. The summed E-state index contributed by atoms with van der Waals surface area (Å²) in [6.07, 6.45) is 0.898. The summed E-state index contributed by atoms with van der Waals surface area (Å²) in [5, 5.41) is 3.35. The van der Waals surface area contributed by atoms with Crippen molar-refractivity contribution in [1.82, 2.24) is 14.9 Å². The highest BCUT2D eigenvalue weighted by Crippen LogP contribution is 2.29. The third kappa shape index (κ3) is 5.10. The average Bonchev–Trinajstić information content (AvgIpc) is 2.94. The van der Waals surface area contributed by atoms with Crippen molar-refractivity contribution in [1.29, 1.82) is 0 Å². The Labute approximate surface area is 134 Å². The summed E-state index contributed by atoms with van der Waals surface area (Å²) < 4.78 is 40.1. The van der Waals surface area contributed by atoms with Crippen LogP contribution in [0, 0.1) is 0 Å². The monoisotopic (exact) mass is 325 g/mol. The van der Waals surface area contributed by atoms with E-state index in [0.29, 0.717) is 18.5 Å². The number of nitrogens with one attached hydrogen (secondary N) is 1. The maximum atomic E-state index is 12.7. The maximum Gasteiger partial charge on any atom is 0.416 e. The number of alkyl halides is 3. The summed E-state index contributed by atoms with van der Waals surface area (Å²) in [5.74, 6) is 1.04. The van der Waals surface area contributed by atoms with Crippen LogP contribution < -0.4 is 5.32 Å². The number of aryl methyl sites for hydroxylation is 1. The predicted octanol–water partition coefficient (Wildman–Crippen LogP) is 3.69. The Kier molecular flexibility index (Phi) is 5.82. The van der Waals surface area contributed by atoms with Gasteiger partial charge in [0.05, 0.1) is 5.56 Å². The van der Waals surface area contributed by atoms with E-state index < -0.39 is 11.7 Å². The fourth-order valence-electron chi connectivity index (χ4n) is 2.55. The van der Waals surface area contributed by atoms with Crippen molar-refractivity contribution in [3.63, 3.8) is 0 Å². The van der Waals surface area contributed by atoms with E-state index in [0.717, 1.165) is 24.9 Å². The van der Waals surface area contributed by atoms with Crippen LogP contribution in [0.15, 0.2) is 36.7 Å². The molecule has 23 heavy (non-hydrogen) atoms. The van der Waals surface area contributed by atoms with Gasteiger partial charge in [0.25, 0.3) is 0 Å². The van der Waals surface area contributed by atoms with Crippen LogP contribution in [0.25, 0.3) is 0 Å². The average molecular weight is 325 g/mol. The van der Waals surface area contributed by atoms with Gasteiger partial charge in [-0.05, 0) is 31.5 Å². The molecule has 1 N–H and O–H groups in total. The molecule has 0 aliphatic carbocycles. The van der Waals surface area contributed by atoms with Gasteiger partial charge in [-0.15, -0.1) is 0 Å². The molecule has 0 spiro atoms. The van der Waals surface area contributed by atoms with Crippen molar-refractivity contribution in [3.05, 3.63) is 53.6 Å². The molecule has 1 aromatic heterocycles. The van der Waals surface area contributed by atoms with Crippen molar-refractivity contribution in [3.8, 4) is 0 Å². The zero-order valence-corrected chi connectivity index (χ0v) is 13.4. The van der Waals surface area contributed by atoms with Gasteiger partial charge in [-0.2, -0.15) is 13.2 Å². The molecule has 3 nitrogen and oxygen atoms in total. The summed E-state index contributed by atoms with van der Waals surface area (Å²) >= 11 is 0. The Morgan fingerprint density at radius 2 is 2.09 bits per heavy atom. The molecule has 1 unspecified atom stereocenters. The molecule has 1 atom stereocenters. The van der Waals surface area contributed by atoms with Crippen LogP contribution >= 0.6 is 0 Å². The van der Waals surface area contributed by atoms with E-state index >= 15 is 0 Å². The number of rotatable bonds is 7. The van der Waals surface area contributed by atoms with Gasteiger partial charge in [-0.25, -0.2) is 4.98 Å². The smallest absolute Gasteiger partial charge is 0.333 e. The van der Waals surface area contributed by atoms with Crippen molar-refractivity contribution in [2.24, 2.45) is 0 Å². The first-order valence-electron chi connectivity index (χ1n) is 7.79. The fourth-order valence-corrected chi connectivity index (χ4v) is 2.55. The lowest BCUT2D eigenvalue weighted by Gasteiger charge is -2.16. The van der Waals surface area contributed by atoms with Gasteiger partial charge in [0.1, 0.15) is 5.82 Å². The molecule has 0 radical (unpaired) electrons. The highest BCUT2D eigenvalue weighted by atomic mass is 19.4. The first-order chi connectivity index (χ1) is 10.9. The second kappa shape index (κ2) is 7.64. The number of nitrogens with zero attached hydrogens (tertiary/aromatic N) is 2. The van der Waals surface area contributed by atoms with Crippen molar-refractivity contribution in [2.75, 3.05) is 6.54 Å². The second-order valence-electron chi connectivity index (χ2n) is 5.65. The normalized spacial score (nSPS) is 13.3. The minimum Gasteiger partial charge on any atom is -0.333 e. The highest BCUT2D eigenvalue weighted by molar-refractivity contribution is 5.25. The summed E-state index contributed by atoms with van der Waals surface area (Å²) in [6, 6.07) is 5.73. The quantitative estimate of drug-likeness (QED) is 0.841. The third-order valence-electron chi connectivity index (χ3n) is 3.75. The van der Waals surface area contributed by atoms with Gasteiger partial charge in [-0.3, -0.25) is 0 Å². The molecule has 1 heterocycles. The van der Waals surface area contributed by atoms with Crippen LogP contribution in [0.4, 0.5) is 13.2 Å². The molecule has 0 fully saturated rings. The Morgan fingerprint density at radius 1 is 1.30 bits per heavy atom. The lowest BCUT2D eigenvalue weighted by molar-refractivity contribution is -0.137. The van der Waals surface area contributed by atoms with E-state index in [1.54, 1.807) is 12.3 Å². The Bertz CT molecular complexity index is 620. The van der Waals surface area contributed by atoms with E-state index in [-0.39, 0.29) is 6.04 Å². The molecule has 2 rings (SSSR count). The highest BCUT2D eigenvalue weighted by Gasteiger charge is 2.30. The molecule has 0 aliphatic rings. The van der Waals surface area contributed by atoms with Crippen molar-refractivity contribution >= 4 is 0 Å². The largest absolute Gasteiger partial charge is 0.416 e. The molecule has 2 aromatic rings. The zero-order valence-electron chi connectivity index (χ0n) is 13.4. The minimum absolute atomic E-state index is 0.222. The molecule has 6 heteroatoms. The van der Waals surface area contributed by atoms with Gasteiger partial charge in [0.15, 0.2) is 0 Å². The summed E-state index contributed by atoms with van der Waals surface area (Å²) in [6.45, 7) is 5.56. The van der Waals surface area contributed by atoms with E-state index in [4.69, 9.17) is 0 Å². The first-order valence-corrected chi connectivity index (χ1v) is 7.79. The van der Waals surface area contributed by atoms with Crippen LogP contribution in [0.2, 0.25) is 0 Å². The summed E-state index contributed by atoms with van der Waals surface area (Å²) in [5.41, 5.74) is 0.102. The maximum absolute atomic E-state index is 12.7. The van der Waals surface area contributed by atoms with E-state index in [9.17, 15) is 13.2 Å². The standard InChI is InChI=1S/C17H22F3N3/c1-3-16-22-9-10-23(16)12-13(2)21-8-7-14-5-4-6-15(11-14)17(18,19)20/h4-6,9-11,13,21H,3,7-8,12H2,1-2H3. The Morgan fingerprint density at radius 3 is 2.78 bits per heavy atom. The van der Waals surface area contributed by atoms with Crippen LogP contribution in [0.1, 0.15) is 30.8 Å². The second-order valence-corrected chi connectivity index (χ2v) is 5.65. The Balaban J connectivity index is 1.83. The van der Waals surface area contributed by atoms with Gasteiger partial charge in [0, 0.05) is 31.4 Å². The molecule has 0 aliphatic heterocycles. The van der Waals surface area contributed by atoms with Gasteiger partial charge >= 0.3 is 6.18 Å². The van der Waals surface area contributed by atoms with Crippen molar-refractivity contribution in [2.45, 2.75) is 45.5 Å². The Hall–Kier alpha value is -1.82. The minimum atomic E-state index is -4.28. The van der Waals surface area contributed by atoms with E-state index in [1.807, 2.05) is 6.20 Å². The number of aromatic nitrogens is 2. The predicted molar refractivity (Wildman–Crippen MR) is 84.2 cm³/mol. The summed E-state index contributed by atoms with van der Waals surface area (Å²) in [4.78, 5) is 4.28. The van der Waals surface area contributed by atoms with Gasteiger partial charge < -0.3 is 9.88 Å². The SMILES string of the molecule is CCc1nccn1CC(C)NCCc1cccc(C(F)(F)F)c1. The third-order valence-corrected chi connectivity index (χ3v) is 3.75. The van der Waals surface area contributed by atoms with Crippen LogP contribution in [-0.2, 0) is 25.6 Å². The van der Waals surface area contributed by atoms with Crippen LogP contribution in [-0.4, -0.2) is 22.1 Å². The zero-order chi connectivity index (χ0) is 16.9. The molecule has 0 saturated carbocycles. The molecular weight excluding hydrogens is 303 g/mol. The number of hydrogen-bond acceptors (Lipinski definition) is 2. The number of imidazole rings is 1. The van der Waals surface area contributed by atoms with Crippen LogP contribution in [0.5, 0.6) is 0 Å². The number of hydrogen-bond donors (Lipinski definition) is 1. The number of benzene rings is 1. The van der Waals surface area contributed by atoms with E-state index in [1.165, 1.54) is 12.1 Å². The molecule has 0 bridgehead atoms. The molecular formula is C17H22F3N3. The van der Waals surface area contributed by atoms with Crippen molar-refractivity contribution < 1.29 is 13.2 Å². The number of halogens is 3. The molecule has 126 valence electrons. The topological polar surface area (TPSA) is 29.9 Å². The lowest BCUT2D eigenvalue weighted by atomic mass is 10.1. The van der Waals surface area contributed by atoms with Crippen LogP contribution in [0.3, 0.4) is 0 Å². The lowest BCUT2D eigenvalue weighted by Crippen LogP contribution is -2.32.